The van der Waals surface area contributed by atoms with Crippen LogP contribution in [0.3, 0.4) is 0 Å². The molecule has 1 aliphatic heterocycles. The second-order valence-corrected chi connectivity index (χ2v) is 7.84. The fraction of sp³-hybridized carbons (Fsp3) is 0.556. The summed E-state index contributed by atoms with van der Waals surface area (Å²) in [5.41, 5.74) is 1.28. The molecule has 0 aliphatic carbocycles. The molecule has 1 fully saturated rings. The Hall–Kier alpha value is -2.28. The maximum Gasteiger partial charge on any atom is 0.273 e. The lowest BCUT2D eigenvalue weighted by Gasteiger charge is -2.39. The van der Waals surface area contributed by atoms with Crippen LogP contribution in [-0.2, 0) is 25.6 Å². The predicted octanol–water partition coefficient (Wildman–Crippen LogP) is 0.766. The molecule has 0 spiro atoms. The highest BCUT2D eigenvalue weighted by atomic mass is 16.1. The fourth-order valence-corrected chi connectivity index (χ4v) is 3.02. The smallest absolute Gasteiger partial charge is 0.273 e. The quantitative estimate of drug-likeness (QED) is 0.820. The molecule has 0 N–H and O–H groups in total. The second-order valence-electron chi connectivity index (χ2n) is 7.84. The highest BCUT2D eigenvalue weighted by Crippen LogP contribution is 2.20. The Bertz CT molecular complexity index is 872. The molecule has 7 nitrogen and oxygen atoms in total. The molecule has 0 aromatic carbocycles. The van der Waals surface area contributed by atoms with E-state index in [1.165, 1.54) is 0 Å². The number of aryl methyl sites for hydroxylation is 1. The summed E-state index contributed by atoms with van der Waals surface area (Å²) in [7, 11) is 1.73. The molecule has 25 heavy (non-hydrogen) atoms. The summed E-state index contributed by atoms with van der Waals surface area (Å²) < 4.78 is 3.11. The van der Waals surface area contributed by atoms with E-state index in [9.17, 15) is 9.59 Å². The van der Waals surface area contributed by atoms with Crippen molar-refractivity contribution in [2.75, 3.05) is 13.1 Å². The van der Waals surface area contributed by atoms with Crippen LogP contribution in [0.4, 0.5) is 0 Å². The molecule has 7 heteroatoms. The van der Waals surface area contributed by atoms with E-state index in [1.54, 1.807) is 34.8 Å². The molecule has 2 aromatic rings. The normalized spacial score (nSPS) is 16.0. The summed E-state index contributed by atoms with van der Waals surface area (Å²) in [6.07, 6.45) is 3.31. The molecule has 0 atom stereocenters. The molecule has 0 bridgehead atoms. The van der Waals surface area contributed by atoms with Crippen LogP contribution < -0.4 is 11.1 Å². The number of rotatable bonds is 4. The largest absolute Gasteiger partial charge is 0.315 e. The van der Waals surface area contributed by atoms with Gasteiger partial charge in [0.2, 0.25) is 0 Å². The van der Waals surface area contributed by atoms with E-state index in [0.29, 0.717) is 24.7 Å². The van der Waals surface area contributed by atoms with Crippen LogP contribution in [0.15, 0.2) is 34.1 Å². The van der Waals surface area contributed by atoms with E-state index in [2.05, 4.69) is 35.8 Å². The Labute approximate surface area is 146 Å². The summed E-state index contributed by atoms with van der Waals surface area (Å²) >= 11 is 0. The lowest BCUT2D eigenvalue weighted by Crippen LogP contribution is -2.49. The lowest BCUT2D eigenvalue weighted by molar-refractivity contribution is 0.0745. The van der Waals surface area contributed by atoms with Gasteiger partial charge in [-0.1, -0.05) is 20.8 Å². The van der Waals surface area contributed by atoms with Gasteiger partial charge in [0.25, 0.3) is 11.1 Å². The van der Waals surface area contributed by atoms with Crippen LogP contribution in [-0.4, -0.2) is 37.3 Å². The first-order valence-electron chi connectivity index (χ1n) is 8.55. The van der Waals surface area contributed by atoms with Gasteiger partial charge in [0.05, 0.1) is 12.2 Å². The van der Waals surface area contributed by atoms with E-state index < -0.39 is 0 Å². The minimum absolute atomic E-state index is 0.0540. The third-order valence-corrected chi connectivity index (χ3v) is 4.56. The first-order valence-corrected chi connectivity index (χ1v) is 8.55. The first-order chi connectivity index (χ1) is 11.7. The number of aromatic nitrogens is 4. The zero-order valence-electron chi connectivity index (χ0n) is 15.3. The van der Waals surface area contributed by atoms with Crippen molar-refractivity contribution in [2.24, 2.45) is 13.0 Å². The van der Waals surface area contributed by atoms with Crippen LogP contribution in [0.1, 0.15) is 32.2 Å². The molecular formula is C18H25N5O2. The van der Waals surface area contributed by atoms with Crippen molar-refractivity contribution in [1.82, 2.24) is 24.2 Å². The van der Waals surface area contributed by atoms with E-state index in [-0.39, 0.29) is 16.5 Å². The number of nitrogens with zero attached hydrogens (tertiary/aromatic N) is 5. The molecule has 0 amide bonds. The van der Waals surface area contributed by atoms with Crippen molar-refractivity contribution in [2.45, 2.75) is 39.3 Å². The van der Waals surface area contributed by atoms with Crippen LogP contribution in [0.2, 0.25) is 0 Å². The SMILES string of the molecule is Cn1ccnc(CN2CC(Cn3nc(C(C)(C)C)ccc3=O)C2)c1=O. The average Bonchev–Trinajstić information content (AvgIpc) is 2.50. The van der Waals surface area contributed by atoms with E-state index in [0.717, 1.165) is 18.8 Å². The van der Waals surface area contributed by atoms with Crippen molar-refractivity contribution < 1.29 is 0 Å². The number of likely N-dealkylation sites (tertiary alicyclic amines) is 1. The number of hydrogen-bond acceptors (Lipinski definition) is 5. The summed E-state index contributed by atoms with van der Waals surface area (Å²) in [6, 6.07) is 3.41. The first kappa shape index (κ1) is 17.5. The van der Waals surface area contributed by atoms with E-state index >= 15 is 0 Å². The van der Waals surface area contributed by atoms with Gasteiger partial charge >= 0.3 is 0 Å². The van der Waals surface area contributed by atoms with Gasteiger partial charge in [0.15, 0.2) is 0 Å². The lowest BCUT2D eigenvalue weighted by atomic mass is 9.92. The Morgan fingerprint density at radius 3 is 2.60 bits per heavy atom. The van der Waals surface area contributed by atoms with Crippen LogP contribution in [0.5, 0.6) is 0 Å². The van der Waals surface area contributed by atoms with Crippen molar-refractivity contribution in [3.05, 3.63) is 56.6 Å². The van der Waals surface area contributed by atoms with Gasteiger partial charge in [-0.05, 0) is 6.07 Å². The zero-order chi connectivity index (χ0) is 18.2. The van der Waals surface area contributed by atoms with Crippen LogP contribution in [0, 0.1) is 5.92 Å². The Balaban J connectivity index is 1.62. The van der Waals surface area contributed by atoms with Crippen molar-refractivity contribution >= 4 is 0 Å². The monoisotopic (exact) mass is 343 g/mol. The van der Waals surface area contributed by atoms with Gasteiger partial charge in [0, 0.05) is 56.5 Å². The molecule has 134 valence electrons. The van der Waals surface area contributed by atoms with Crippen molar-refractivity contribution in [1.29, 1.82) is 0 Å². The maximum absolute atomic E-state index is 12.1. The Kier molecular flexibility index (Phi) is 4.60. The number of hydrogen-bond donors (Lipinski definition) is 0. The summed E-state index contributed by atoms with van der Waals surface area (Å²) in [6.45, 7) is 9.10. The van der Waals surface area contributed by atoms with Crippen molar-refractivity contribution in [3.8, 4) is 0 Å². The topological polar surface area (TPSA) is 73.0 Å². The molecule has 3 rings (SSSR count). The molecule has 1 aliphatic rings. The molecule has 0 saturated carbocycles. The second kappa shape index (κ2) is 6.55. The predicted molar refractivity (Wildman–Crippen MR) is 95.4 cm³/mol. The molecule has 2 aromatic heterocycles. The minimum Gasteiger partial charge on any atom is -0.315 e. The third kappa shape index (κ3) is 3.87. The Morgan fingerprint density at radius 2 is 1.92 bits per heavy atom. The average molecular weight is 343 g/mol. The highest BCUT2D eigenvalue weighted by molar-refractivity contribution is 5.10. The maximum atomic E-state index is 12.1. The molecule has 3 heterocycles. The molecule has 0 unspecified atom stereocenters. The minimum atomic E-state index is -0.0832. The summed E-state index contributed by atoms with van der Waals surface area (Å²) in [5.74, 6) is 0.369. The van der Waals surface area contributed by atoms with Gasteiger partial charge in [-0.25, -0.2) is 4.68 Å². The van der Waals surface area contributed by atoms with Gasteiger partial charge in [-0.15, -0.1) is 0 Å². The van der Waals surface area contributed by atoms with E-state index in [1.807, 2.05) is 6.07 Å². The van der Waals surface area contributed by atoms with Gasteiger partial charge < -0.3 is 4.57 Å². The van der Waals surface area contributed by atoms with Crippen LogP contribution >= 0.6 is 0 Å². The summed E-state index contributed by atoms with van der Waals surface area (Å²) in [4.78, 5) is 30.4. The van der Waals surface area contributed by atoms with E-state index in [4.69, 9.17) is 0 Å². The van der Waals surface area contributed by atoms with Gasteiger partial charge in [-0.2, -0.15) is 5.10 Å². The van der Waals surface area contributed by atoms with Crippen molar-refractivity contribution in [3.63, 3.8) is 0 Å². The fourth-order valence-electron chi connectivity index (χ4n) is 3.02. The Morgan fingerprint density at radius 1 is 1.20 bits per heavy atom. The standard InChI is InChI=1S/C18H25N5O2/c1-18(2,3)15-5-6-16(24)23(20-15)11-13-9-22(10-13)12-14-17(25)21(4)8-7-19-14/h5-8,13H,9-12H2,1-4H3. The third-order valence-electron chi connectivity index (χ3n) is 4.56. The summed E-state index contributed by atoms with van der Waals surface area (Å²) in [5, 5.41) is 4.52. The van der Waals surface area contributed by atoms with Crippen LogP contribution in [0.25, 0.3) is 0 Å². The molecule has 1 saturated heterocycles. The zero-order valence-corrected chi connectivity index (χ0v) is 15.3. The van der Waals surface area contributed by atoms with Gasteiger partial charge in [0.1, 0.15) is 5.69 Å². The molecular weight excluding hydrogens is 318 g/mol. The molecule has 0 radical (unpaired) electrons. The van der Waals surface area contributed by atoms with Gasteiger partial charge in [-0.3, -0.25) is 19.5 Å². The highest BCUT2D eigenvalue weighted by Gasteiger charge is 2.29.